The molecule has 0 aromatic rings. The Morgan fingerprint density at radius 2 is 1.61 bits per heavy atom. The van der Waals surface area contributed by atoms with E-state index < -0.39 is 0 Å². The van der Waals surface area contributed by atoms with Crippen molar-refractivity contribution in [2.45, 2.75) is 65.2 Å². The Balaban J connectivity index is 0.00000264. The Kier molecular flexibility index (Phi) is 9.19. The van der Waals surface area contributed by atoms with Crippen LogP contribution in [0.15, 0.2) is 4.99 Å². The van der Waals surface area contributed by atoms with E-state index in [1.165, 1.54) is 51.4 Å². The molecule has 2 fully saturated rings. The van der Waals surface area contributed by atoms with Crippen LogP contribution in [-0.4, -0.2) is 39.3 Å². The van der Waals surface area contributed by atoms with Gasteiger partial charge in [-0.25, -0.2) is 0 Å². The number of halogens is 1. The molecule has 0 spiro atoms. The van der Waals surface area contributed by atoms with Crippen molar-refractivity contribution < 1.29 is 4.74 Å². The quantitative estimate of drug-likeness (QED) is 0.249. The van der Waals surface area contributed by atoms with E-state index in [0.29, 0.717) is 10.8 Å². The van der Waals surface area contributed by atoms with Gasteiger partial charge in [-0.05, 0) is 56.3 Å². The van der Waals surface area contributed by atoms with Gasteiger partial charge in [-0.3, -0.25) is 4.99 Å². The summed E-state index contributed by atoms with van der Waals surface area (Å²) in [6, 6.07) is 0. The molecule has 2 saturated carbocycles. The van der Waals surface area contributed by atoms with Crippen molar-refractivity contribution in [3.8, 4) is 0 Å². The first-order chi connectivity index (χ1) is 10.7. The predicted octanol–water partition coefficient (Wildman–Crippen LogP) is 3.95. The highest BCUT2D eigenvalue weighted by Gasteiger charge is 2.42. The van der Waals surface area contributed by atoms with Crippen LogP contribution in [0.5, 0.6) is 0 Å². The van der Waals surface area contributed by atoms with E-state index in [1.54, 1.807) is 0 Å². The molecule has 0 saturated heterocycles. The van der Waals surface area contributed by atoms with Crippen LogP contribution in [0.25, 0.3) is 0 Å². The fraction of sp³-hybridized carbons (Fsp3) is 0.944. The summed E-state index contributed by atoms with van der Waals surface area (Å²) >= 11 is 0. The van der Waals surface area contributed by atoms with E-state index in [-0.39, 0.29) is 24.0 Å². The summed E-state index contributed by atoms with van der Waals surface area (Å²) in [6.45, 7) is 8.20. The minimum absolute atomic E-state index is 0. The van der Waals surface area contributed by atoms with Gasteiger partial charge in [0.15, 0.2) is 5.96 Å². The predicted molar refractivity (Wildman–Crippen MR) is 109 cm³/mol. The monoisotopic (exact) mass is 437 g/mol. The normalized spacial score (nSPS) is 21.6. The smallest absolute Gasteiger partial charge is 0.191 e. The molecule has 0 heterocycles. The van der Waals surface area contributed by atoms with Gasteiger partial charge in [0.1, 0.15) is 0 Å². The molecule has 2 rings (SSSR count). The number of hydrogen-bond acceptors (Lipinski definition) is 2. The summed E-state index contributed by atoms with van der Waals surface area (Å²) in [7, 11) is 1.88. The van der Waals surface area contributed by atoms with E-state index in [9.17, 15) is 0 Å². The third kappa shape index (κ3) is 6.40. The molecule has 0 unspecified atom stereocenters. The minimum Gasteiger partial charge on any atom is -0.382 e. The topological polar surface area (TPSA) is 45.6 Å². The molecule has 4 nitrogen and oxygen atoms in total. The molecule has 2 aliphatic carbocycles. The van der Waals surface area contributed by atoms with Crippen LogP contribution in [0.2, 0.25) is 0 Å². The van der Waals surface area contributed by atoms with Gasteiger partial charge in [-0.2, -0.15) is 0 Å². The van der Waals surface area contributed by atoms with Gasteiger partial charge in [0.25, 0.3) is 0 Å². The molecule has 0 aromatic heterocycles. The highest BCUT2D eigenvalue weighted by Crippen LogP contribution is 2.48. The summed E-state index contributed by atoms with van der Waals surface area (Å²) in [5, 5.41) is 7.13. The number of aliphatic imine (C=N–C) groups is 1. The fourth-order valence-corrected chi connectivity index (χ4v) is 3.67. The Hall–Kier alpha value is -0.0400. The molecule has 0 aromatic carbocycles. The van der Waals surface area contributed by atoms with Crippen LogP contribution in [0.4, 0.5) is 0 Å². The van der Waals surface area contributed by atoms with Gasteiger partial charge in [0.2, 0.25) is 0 Å². The summed E-state index contributed by atoms with van der Waals surface area (Å²) < 4.78 is 5.51. The van der Waals surface area contributed by atoms with Crippen LogP contribution >= 0.6 is 24.0 Å². The lowest BCUT2D eigenvalue weighted by atomic mass is 9.83. The molecule has 2 aliphatic rings. The largest absolute Gasteiger partial charge is 0.382 e. The number of nitrogens with one attached hydrogen (secondary N) is 2. The first kappa shape index (κ1) is 21.0. The number of nitrogens with zero attached hydrogens (tertiary/aromatic N) is 1. The van der Waals surface area contributed by atoms with Crippen LogP contribution in [0.3, 0.4) is 0 Å². The molecule has 0 radical (unpaired) electrons. The van der Waals surface area contributed by atoms with E-state index in [0.717, 1.165) is 32.3 Å². The molecule has 23 heavy (non-hydrogen) atoms. The summed E-state index contributed by atoms with van der Waals surface area (Å²) in [5.74, 6) is 0.974. The maximum Gasteiger partial charge on any atom is 0.191 e. The second kappa shape index (κ2) is 10.1. The Morgan fingerprint density at radius 1 is 1.00 bits per heavy atom. The summed E-state index contributed by atoms with van der Waals surface area (Å²) in [6.07, 6.45) is 10.6. The number of hydrogen-bond donors (Lipinski definition) is 2. The average Bonchev–Trinajstić information content (AvgIpc) is 3.15. The molecule has 0 amide bonds. The maximum atomic E-state index is 5.51. The van der Waals surface area contributed by atoms with Crippen molar-refractivity contribution in [2.75, 3.05) is 33.4 Å². The van der Waals surface area contributed by atoms with Crippen molar-refractivity contribution in [2.24, 2.45) is 15.8 Å². The van der Waals surface area contributed by atoms with E-state index in [2.05, 4.69) is 29.5 Å². The second-order valence-electron chi connectivity index (χ2n) is 7.29. The van der Waals surface area contributed by atoms with Gasteiger partial charge in [0, 0.05) is 33.4 Å². The molecular weight excluding hydrogens is 401 g/mol. The molecule has 2 N–H and O–H groups in total. The van der Waals surface area contributed by atoms with Crippen LogP contribution in [0.1, 0.15) is 65.2 Å². The average molecular weight is 437 g/mol. The van der Waals surface area contributed by atoms with E-state index >= 15 is 0 Å². The Bertz CT molecular complexity index is 363. The highest BCUT2D eigenvalue weighted by atomic mass is 127. The van der Waals surface area contributed by atoms with Gasteiger partial charge in [-0.15, -0.1) is 24.0 Å². The van der Waals surface area contributed by atoms with Crippen LogP contribution < -0.4 is 10.6 Å². The van der Waals surface area contributed by atoms with Gasteiger partial charge < -0.3 is 15.4 Å². The van der Waals surface area contributed by atoms with Gasteiger partial charge >= 0.3 is 0 Å². The van der Waals surface area contributed by atoms with Crippen LogP contribution in [-0.2, 0) is 4.74 Å². The number of ether oxygens (including phenoxy) is 1. The third-order valence-electron chi connectivity index (χ3n) is 5.84. The molecular formula is C18H36IN3O. The van der Waals surface area contributed by atoms with Crippen molar-refractivity contribution in [1.29, 1.82) is 0 Å². The zero-order chi connectivity index (χ0) is 15.9. The second-order valence-corrected chi connectivity index (χ2v) is 7.29. The Morgan fingerprint density at radius 3 is 2.09 bits per heavy atom. The van der Waals surface area contributed by atoms with E-state index in [1.807, 2.05) is 7.05 Å². The van der Waals surface area contributed by atoms with Crippen molar-refractivity contribution in [1.82, 2.24) is 10.6 Å². The summed E-state index contributed by atoms with van der Waals surface area (Å²) in [5.41, 5.74) is 0.965. The lowest BCUT2D eigenvalue weighted by Gasteiger charge is -2.29. The van der Waals surface area contributed by atoms with E-state index in [4.69, 9.17) is 4.74 Å². The first-order valence-corrected chi connectivity index (χ1v) is 9.20. The molecule has 0 bridgehead atoms. The summed E-state index contributed by atoms with van der Waals surface area (Å²) in [4.78, 5) is 4.40. The number of guanidine groups is 1. The van der Waals surface area contributed by atoms with Gasteiger partial charge in [0.05, 0.1) is 0 Å². The standard InChI is InChI=1S/C18H35N3O.HI/c1-4-17(8-6-7-9-17)14-20-16(19-3)21-15-18(10-11-18)12-13-22-5-2;/h4-15H2,1-3H3,(H2,19,20,21);1H. The third-order valence-corrected chi connectivity index (χ3v) is 5.84. The lowest BCUT2D eigenvalue weighted by molar-refractivity contribution is 0.128. The number of rotatable bonds is 9. The van der Waals surface area contributed by atoms with Crippen LogP contribution in [0, 0.1) is 10.8 Å². The van der Waals surface area contributed by atoms with Crippen molar-refractivity contribution in [3.05, 3.63) is 0 Å². The highest BCUT2D eigenvalue weighted by molar-refractivity contribution is 14.0. The molecule has 136 valence electrons. The first-order valence-electron chi connectivity index (χ1n) is 9.20. The zero-order valence-electron chi connectivity index (χ0n) is 15.2. The maximum absolute atomic E-state index is 5.51. The SMILES string of the molecule is CCOCCC1(CNC(=NC)NCC2(CC)CCCC2)CC1.I. The Labute approximate surface area is 159 Å². The minimum atomic E-state index is 0. The fourth-order valence-electron chi connectivity index (χ4n) is 3.67. The molecule has 0 aliphatic heterocycles. The zero-order valence-corrected chi connectivity index (χ0v) is 17.6. The van der Waals surface area contributed by atoms with Crippen molar-refractivity contribution >= 4 is 29.9 Å². The van der Waals surface area contributed by atoms with Crippen molar-refractivity contribution in [3.63, 3.8) is 0 Å². The molecule has 0 atom stereocenters. The lowest BCUT2D eigenvalue weighted by Crippen LogP contribution is -2.44. The van der Waals surface area contributed by atoms with Gasteiger partial charge in [-0.1, -0.05) is 19.8 Å². The molecule has 5 heteroatoms.